The minimum atomic E-state index is 0.136. The van der Waals surface area contributed by atoms with Crippen molar-refractivity contribution in [3.05, 3.63) is 53.1 Å². The van der Waals surface area contributed by atoms with E-state index in [4.69, 9.17) is 0 Å². The molecule has 0 spiro atoms. The average molecular weight is 256 g/mol. The third-order valence-corrected chi connectivity index (χ3v) is 3.26. The van der Waals surface area contributed by atoms with E-state index in [1.54, 1.807) is 6.20 Å². The van der Waals surface area contributed by atoms with Crippen molar-refractivity contribution in [2.75, 3.05) is 0 Å². The van der Waals surface area contributed by atoms with Gasteiger partial charge >= 0.3 is 0 Å². The number of carbonyl (C=O) groups is 1. The van der Waals surface area contributed by atoms with Crippen molar-refractivity contribution in [1.29, 1.82) is 0 Å². The lowest BCUT2D eigenvalue weighted by Crippen LogP contribution is -2.14. The lowest BCUT2D eigenvalue weighted by molar-refractivity contribution is 0.0970. The van der Waals surface area contributed by atoms with Crippen molar-refractivity contribution >= 4 is 5.78 Å². The first-order valence-electron chi connectivity index (χ1n) is 6.60. The second-order valence-corrected chi connectivity index (χ2v) is 5.31. The van der Waals surface area contributed by atoms with Gasteiger partial charge in [0.1, 0.15) is 5.82 Å². The topological polar surface area (TPSA) is 34.9 Å². The van der Waals surface area contributed by atoms with E-state index in [1.807, 2.05) is 42.8 Å². The number of hydrogen-bond acceptors (Lipinski definition) is 2. The smallest absolute Gasteiger partial charge is 0.182 e. The zero-order valence-corrected chi connectivity index (χ0v) is 12.0. The van der Waals surface area contributed by atoms with Crippen LogP contribution in [0.5, 0.6) is 0 Å². The van der Waals surface area contributed by atoms with Gasteiger partial charge in [0.15, 0.2) is 5.78 Å². The van der Waals surface area contributed by atoms with E-state index in [0.717, 1.165) is 17.0 Å². The number of rotatable bonds is 4. The first-order valence-corrected chi connectivity index (χ1v) is 6.60. The normalized spacial score (nSPS) is 11.0. The van der Waals surface area contributed by atoms with E-state index in [1.165, 1.54) is 5.56 Å². The first-order chi connectivity index (χ1) is 8.99. The van der Waals surface area contributed by atoms with Gasteiger partial charge in [-0.1, -0.05) is 37.6 Å². The van der Waals surface area contributed by atoms with Crippen LogP contribution in [0.25, 0.3) is 0 Å². The summed E-state index contributed by atoms with van der Waals surface area (Å²) in [7, 11) is 0. The Morgan fingerprint density at radius 1 is 1.32 bits per heavy atom. The molecule has 2 aromatic rings. The molecule has 0 fully saturated rings. The van der Waals surface area contributed by atoms with Crippen molar-refractivity contribution in [2.45, 2.75) is 40.2 Å². The molecule has 3 nitrogen and oxygen atoms in total. The summed E-state index contributed by atoms with van der Waals surface area (Å²) in [4.78, 5) is 16.7. The SMILES string of the molecule is Cc1ccc(C(=O)Cn2ccnc2C(C)C)c(C)c1. The summed E-state index contributed by atoms with van der Waals surface area (Å²) in [5, 5.41) is 0. The summed E-state index contributed by atoms with van der Waals surface area (Å²) in [6, 6.07) is 5.95. The number of hydrogen-bond donors (Lipinski definition) is 0. The molecule has 1 heterocycles. The fourth-order valence-corrected chi connectivity index (χ4v) is 2.32. The van der Waals surface area contributed by atoms with Crippen LogP contribution < -0.4 is 0 Å². The van der Waals surface area contributed by atoms with Crippen molar-refractivity contribution in [1.82, 2.24) is 9.55 Å². The highest BCUT2D eigenvalue weighted by molar-refractivity contribution is 5.97. The molecule has 0 amide bonds. The molecule has 0 aliphatic rings. The van der Waals surface area contributed by atoms with Crippen molar-refractivity contribution < 1.29 is 4.79 Å². The third kappa shape index (κ3) is 2.92. The Bertz CT molecular complexity index is 597. The molecule has 3 heteroatoms. The number of ketones is 1. The highest BCUT2D eigenvalue weighted by Gasteiger charge is 2.13. The van der Waals surface area contributed by atoms with Crippen LogP contribution >= 0.6 is 0 Å². The molecule has 0 aliphatic heterocycles. The first kappa shape index (κ1) is 13.5. The highest BCUT2D eigenvalue weighted by Crippen LogP contribution is 2.15. The quantitative estimate of drug-likeness (QED) is 0.785. The van der Waals surface area contributed by atoms with Gasteiger partial charge in [-0.25, -0.2) is 4.98 Å². The van der Waals surface area contributed by atoms with Gasteiger partial charge in [0.25, 0.3) is 0 Å². The van der Waals surface area contributed by atoms with Crippen molar-refractivity contribution in [3.8, 4) is 0 Å². The maximum atomic E-state index is 12.4. The number of aromatic nitrogens is 2. The van der Waals surface area contributed by atoms with Crippen molar-refractivity contribution in [3.63, 3.8) is 0 Å². The van der Waals surface area contributed by atoms with Crippen LogP contribution in [0.15, 0.2) is 30.6 Å². The Balaban J connectivity index is 2.23. The summed E-state index contributed by atoms with van der Waals surface area (Å²) in [5.41, 5.74) is 3.02. The molecule has 100 valence electrons. The molecule has 0 bridgehead atoms. The summed E-state index contributed by atoms with van der Waals surface area (Å²) in [6.07, 6.45) is 3.63. The molecule has 0 aliphatic carbocycles. The minimum Gasteiger partial charge on any atom is -0.327 e. The van der Waals surface area contributed by atoms with Gasteiger partial charge in [0.05, 0.1) is 6.54 Å². The van der Waals surface area contributed by atoms with Gasteiger partial charge in [-0.05, 0) is 19.4 Å². The second kappa shape index (κ2) is 5.39. The van der Waals surface area contributed by atoms with Crippen LogP contribution in [0.3, 0.4) is 0 Å². The van der Waals surface area contributed by atoms with Crippen LogP contribution in [-0.4, -0.2) is 15.3 Å². The zero-order chi connectivity index (χ0) is 14.0. The molecule has 0 saturated carbocycles. The Hall–Kier alpha value is -1.90. The largest absolute Gasteiger partial charge is 0.327 e. The number of imidazole rings is 1. The maximum Gasteiger partial charge on any atom is 0.182 e. The average Bonchev–Trinajstić information content (AvgIpc) is 2.76. The van der Waals surface area contributed by atoms with Crippen LogP contribution in [0.2, 0.25) is 0 Å². The van der Waals surface area contributed by atoms with Gasteiger partial charge < -0.3 is 4.57 Å². The number of nitrogens with zero attached hydrogens (tertiary/aromatic N) is 2. The van der Waals surface area contributed by atoms with Crippen LogP contribution in [0.4, 0.5) is 0 Å². The summed E-state index contributed by atoms with van der Waals surface area (Å²) in [6.45, 7) is 8.55. The molecule has 2 rings (SSSR count). The highest BCUT2D eigenvalue weighted by atomic mass is 16.1. The van der Waals surface area contributed by atoms with E-state index < -0.39 is 0 Å². The Morgan fingerprint density at radius 2 is 2.05 bits per heavy atom. The molecule has 0 unspecified atom stereocenters. The predicted octanol–water partition coefficient (Wildman–Crippen LogP) is 3.51. The van der Waals surface area contributed by atoms with E-state index >= 15 is 0 Å². The molecule has 0 radical (unpaired) electrons. The molecular weight excluding hydrogens is 236 g/mol. The number of Topliss-reactive ketones (excluding diaryl/α,β-unsaturated/α-hetero) is 1. The molecule has 1 aromatic carbocycles. The molecule has 0 N–H and O–H groups in total. The summed E-state index contributed by atoms with van der Waals surface area (Å²) < 4.78 is 1.94. The predicted molar refractivity (Wildman–Crippen MR) is 76.6 cm³/mol. The zero-order valence-electron chi connectivity index (χ0n) is 12.0. The molecule has 19 heavy (non-hydrogen) atoms. The second-order valence-electron chi connectivity index (χ2n) is 5.31. The van der Waals surface area contributed by atoms with Gasteiger partial charge in [-0.2, -0.15) is 0 Å². The third-order valence-electron chi connectivity index (χ3n) is 3.26. The van der Waals surface area contributed by atoms with E-state index in [2.05, 4.69) is 18.8 Å². The van der Waals surface area contributed by atoms with Gasteiger partial charge in [0, 0.05) is 23.9 Å². The Morgan fingerprint density at radius 3 is 2.68 bits per heavy atom. The van der Waals surface area contributed by atoms with Crippen LogP contribution in [0, 0.1) is 13.8 Å². The number of aryl methyl sites for hydroxylation is 2. The fraction of sp³-hybridized carbons (Fsp3) is 0.375. The van der Waals surface area contributed by atoms with Crippen LogP contribution in [0.1, 0.15) is 47.1 Å². The van der Waals surface area contributed by atoms with Gasteiger partial charge in [-0.15, -0.1) is 0 Å². The maximum absolute atomic E-state index is 12.4. The molecule has 1 aromatic heterocycles. The van der Waals surface area contributed by atoms with Crippen molar-refractivity contribution in [2.24, 2.45) is 0 Å². The van der Waals surface area contributed by atoms with E-state index in [9.17, 15) is 4.79 Å². The molecule has 0 saturated heterocycles. The lowest BCUT2D eigenvalue weighted by atomic mass is 10.0. The summed E-state index contributed by atoms with van der Waals surface area (Å²) >= 11 is 0. The Labute approximate surface area is 114 Å². The van der Waals surface area contributed by atoms with Gasteiger partial charge in [-0.3, -0.25) is 4.79 Å². The summed E-state index contributed by atoms with van der Waals surface area (Å²) in [5.74, 6) is 1.41. The van der Waals surface area contributed by atoms with Crippen LogP contribution in [-0.2, 0) is 6.54 Å². The fourth-order valence-electron chi connectivity index (χ4n) is 2.32. The number of carbonyl (C=O) groups excluding carboxylic acids is 1. The van der Waals surface area contributed by atoms with E-state index in [-0.39, 0.29) is 5.78 Å². The Kier molecular flexibility index (Phi) is 3.84. The lowest BCUT2D eigenvalue weighted by Gasteiger charge is -2.11. The van der Waals surface area contributed by atoms with Gasteiger partial charge in [0.2, 0.25) is 0 Å². The molecule has 0 atom stereocenters. The standard InChI is InChI=1S/C16H20N2O/c1-11(2)16-17-7-8-18(16)10-15(19)14-6-5-12(3)9-13(14)4/h5-9,11H,10H2,1-4H3. The number of benzene rings is 1. The van der Waals surface area contributed by atoms with E-state index in [0.29, 0.717) is 12.5 Å². The monoisotopic (exact) mass is 256 g/mol. The molecular formula is C16H20N2O. The minimum absolute atomic E-state index is 0.136.